The lowest BCUT2D eigenvalue weighted by atomic mass is 9.85. The summed E-state index contributed by atoms with van der Waals surface area (Å²) in [5, 5.41) is 14.2. The molecule has 0 bridgehead atoms. The molecule has 6 nitrogen and oxygen atoms in total. The van der Waals surface area contributed by atoms with Gasteiger partial charge in [0.2, 0.25) is 0 Å². The average Bonchev–Trinajstić information content (AvgIpc) is 2.75. The first-order valence-electron chi connectivity index (χ1n) is 6.13. The predicted octanol–water partition coefficient (Wildman–Crippen LogP) is 0.394. The zero-order valence-electron chi connectivity index (χ0n) is 10.5. The summed E-state index contributed by atoms with van der Waals surface area (Å²) in [6.45, 7) is 0.0700. The first-order valence-corrected chi connectivity index (χ1v) is 7.61. The Morgan fingerprint density at radius 3 is 2.67 bits per heavy atom. The summed E-state index contributed by atoms with van der Waals surface area (Å²) >= 11 is 0. The van der Waals surface area contributed by atoms with E-state index < -0.39 is 15.6 Å². The molecule has 1 aliphatic carbocycles. The standard InChI is InChI=1S/C11H19N3O3S/c1-14-10(5-8-12-14)18(16,17)13-9-11(15)6-3-2-4-7-11/h5,8,13,15H,2-4,6-7,9H2,1H3. The van der Waals surface area contributed by atoms with Gasteiger partial charge in [-0.3, -0.25) is 4.68 Å². The highest BCUT2D eigenvalue weighted by molar-refractivity contribution is 7.89. The molecule has 1 saturated carbocycles. The van der Waals surface area contributed by atoms with Gasteiger partial charge in [0.05, 0.1) is 11.8 Å². The van der Waals surface area contributed by atoms with Crippen molar-refractivity contribution in [1.29, 1.82) is 0 Å². The lowest BCUT2D eigenvalue weighted by Gasteiger charge is -2.31. The number of sulfonamides is 1. The molecule has 2 N–H and O–H groups in total. The van der Waals surface area contributed by atoms with Gasteiger partial charge in [0.25, 0.3) is 10.0 Å². The summed E-state index contributed by atoms with van der Waals surface area (Å²) in [5.41, 5.74) is -0.899. The number of hydrogen-bond donors (Lipinski definition) is 2. The smallest absolute Gasteiger partial charge is 0.257 e. The minimum absolute atomic E-state index is 0.0700. The number of aromatic nitrogens is 2. The third-order valence-electron chi connectivity index (χ3n) is 3.43. The number of aliphatic hydroxyl groups is 1. The molecule has 2 rings (SSSR count). The zero-order chi connectivity index (χ0) is 13.2. The normalized spacial score (nSPS) is 19.9. The fourth-order valence-corrected chi connectivity index (χ4v) is 3.56. The third kappa shape index (κ3) is 2.90. The van der Waals surface area contributed by atoms with Crippen LogP contribution in [0.15, 0.2) is 17.3 Å². The lowest BCUT2D eigenvalue weighted by molar-refractivity contribution is 0.00943. The molecule has 1 aromatic rings. The van der Waals surface area contributed by atoms with Crippen LogP contribution in [0, 0.1) is 0 Å². The van der Waals surface area contributed by atoms with E-state index in [0.29, 0.717) is 12.8 Å². The van der Waals surface area contributed by atoms with Crippen molar-refractivity contribution in [3.63, 3.8) is 0 Å². The van der Waals surface area contributed by atoms with E-state index in [-0.39, 0.29) is 11.6 Å². The monoisotopic (exact) mass is 273 g/mol. The quantitative estimate of drug-likeness (QED) is 0.831. The summed E-state index contributed by atoms with van der Waals surface area (Å²) in [4.78, 5) is 0. The summed E-state index contributed by atoms with van der Waals surface area (Å²) in [6.07, 6.45) is 5.75. The van der Waals surface area contributed by atoms with E-state index in [0.717, 1.165) is 19.3 Å². The van der Waals surface area contributed by atoms with Crippen LogP contribution >= 0.6 is 0 Å². The highest BCUT2D eigenvalue weighted by Gasteiger charge is 2.31. The maximum Gasteiger partial charge on any atom is 0.257 e. The van der Waals surface area contributed by atoms with Crippen LogP contribution in [0.5, 0.6) is 0 Å². The van der Waals surface area contributed by atoms with Crippen LogP contribution in [0.1, 0.15) is 32.1 Å². The Kier molecular flexibility index (Phi) is 3.74. The molecule has 0 aliphatic heterocycles. The maximum atomic E-state index is 12.0. The summed E-state index contributed by atoms with van der Waals surface area (Å²) in [6, 6.07) is 1.44. The summed E-state index contributed by atoms with van der Waals surface area (Å²) in [5.74, 6) is 0. The fourth-order valence-electron chi connectivity index (χ4n) is 2.32. The van der Waals surface area contributed by atoms with Crippen molar-refractivity contribution in [1.82, 2.24) is 14.5 Å². The second-order valence-corrected chi connectivity index (χ2v) is 6.62. The van der Waals surface area contributed by atoms with Crippen LogP contribution in [-0.2, 0) is 17.1 Å². The molecule has 0 unspecified atom stereocenters. The Balaban J connectivity index is 2.03. The molecule has 7 heteroatoms. The maximum absolute atomic E-state index is 12.0. The molecule has 1 fully saturated rings. The SMILES string of the molecule is Cn1nccc1S(=O)(=O)NCC1(O)CCCCC1. The molecular weight excluding hydrogens is 254 g/mol. The Labute approximate surface area is 107 Å². The number of nitrogens with zero attached hydrogens (tertiary/aromatic N) is 2. The number of nitrogens with one attached hydrogen (secondary N) is 1. The van der Waals surface area contributed by atoms with Crippen LogP contribution < -0.4 is 4.72 Å². The van der Waals surface area contributed by atoms with Crippen LogP contribution in [0.4, 0.5) is 0 Å². The van der Waals surface area contributed by atoms with E-state index in [2.05, 4.69) is 9.82 Å². The van der Waals surface area contributed by atoms with Crippen molar-refractivity contribution < 1.29 is 13.5 Å². The van der Waals surface area contributed by atoms with E-state index in [1.807, 2.05) is 0 Å². The van der Waals surface area contributed by atoms with Gasteiger partial charge in [0, 0.05) is 13.6 Å². The van der Waals surface area contributed by atoms with Gasteiger partial charge in [-0.2, -0.15) is 5.10 Å². The minimum Gasteiger partial charge on any atom is -0.389 e. The Morgan fingerprint density at radius 1 is 1.44 bits per heavy atom. The number of rotatable bonds is 4. The molecule has 1 aromatic heterocycles. The Bertz CT molecular complexity index is 503. The number of hydrogen-bond acceptors (Lipinski definition) is 4. The molecule has 1 heterocycles. The first kappa shape index (κ1) is 13.5. The lowest BCUT2D eigenvalue weighted by Crippen LogP contribution is -2.44. The van der Waals surface area contributed by atoms with Gasteiger partial charge in [-0.25, -0.2) is 13.1 Å². The molecule has 0 spiro atoms. The Hall–Kier alpha value is -0.920. The number of aryl methyl sites for hydroxylation is 1. The van der Waals surface area contributed by atoms with Gasteiger partial charge in [-0.1, -0.05) is 19.3 Å². The second-order valence-electron chi connectivity index (χ2n) is 4.90. The summed E-state index contributed by atoms with van der Waals surface area (Å²) < 4.78 is 27.8. The van der Waals surface area contributed by atoms with E-state index >= 15 is 0 Å². The highest BCUT2D eigenvalue weighted by atomic mass is 32.2. The van der Waals surface area contributed by atoms with Gasteiger partial charge in [0.1, 0.15) is 0 Å². The van der Waals surface area contributed by atoms with Crippen molar-refractivity contribution in [2.24, 2.45) is 7.05 Å². The molecule has 18 heavy (non-hydrogen) atoms. The third-order valence-corrected chi connectivity index (χ3v) is 4.90. The summed E-state index contributed by atoms with van der Waals surface area (Å²) in [7, 11) is -2.02. The topological polar surface area (TPSA) is 84.2 Å². The molecular formula is C11H19N3O3S. The van der Waals surface area contributed by atoms with Gasteiger partial charge >= 0.3 is 0 Å². The van der Waals surface area contributed by atoms with Crippen molar-refractivity contribution in [2.45, 2.75) is 42.7 Å². The van der Waals surface area contributed by atoms with Crippen molar-refractivity contribution >= 4 is 10.0 Å². The van der Waals surface area contributed by atoms with E-state index in [4.69, 9.17) is 0 Å². The van der Waals surface area contributed by atoms with Gasteiger partial charge < -0.3 is 5.11 Å². The molecule has 0 saturated heterocycles. The van der Waals surface area contributed by atoms with E-state index in [9.17, 15) is 13.5 Å². The van der Waals surface area contributed by atoms with Crippen LogP contribution in [0.3, 0.4) is 0 Å². The zero-order valence-corrected chi connectivity index (χ0v) is 11.3. The minimum atomic E-state index is -3.59. The highest BCUT2D eigenvalue weighted by Crippen LogP contribution is 2.27. The molecule has 0 aromatic carbocycles. The van der Waals surface area contributed by atoms with Gasteiger partial charge in [0.15, 0.2) is 5.03 Å². The largest absolute Gasteiger partial charge is 0.389 e. The van der Waals surface area contributed by atoms with E-state index in [1.54, 1.807) is 7.05 Å². The van der Waals surface area contributed by atoms with Crippen molar-refractivity contribution in [3.05, 3.63) is 12.3 Å². The predicted molar refractivity (Wildman–Crippen MR) is 66.4 cm³/mol. The van der Waals surface area contributed by atoms with E-state index in [1.165, 1.54) is 16.9 Å². The van der Waals surface area contributed by atoms with Gasteiger partial charge in [-0.15, -0.1) is 0 Å². The average molecular weight is 273 g/mol. The first-order chi connectivity index (χ1) is 8.43. The second kappa shape index (κ2) is 4.99. The van der Waals surface area contributed by atoms with Crippen LogP contribution in [0.25, 0.3) is 0 Å². The molecule has 0 radical (unpaired) electrons. The molecule has 0 amide bonds. The van der Waals surface area contributed by atoms with Gasteiger partial charge in [-0.05, 0) is 18.9 Å². The van der Waals surface area contributed by atoms with Crippen LogP contribution in [-0.4, -0.2) is 35.5 Å². The van der Waals surface area contributed by atoms with Crippen LogP contribution in [0.2, 0.25) is 0 Å². The van der Waals surface area contributed by atoms with Crippen molar-refractivity contribution in [3.8, 4) is 0 Å². The van der Waals surface area contributed by atoms with Crippen molar-refractivity contribution in [2.75, 3.05) is 6.54 Å². The molecule has 1 aliphatic rings. The molecule has 0 atom stereocenters. The molecule has 102 valence electrons. The fraction of sp³-hybridized carbons (Fsp3) is 0.727. The Morgan fingerprint density at radius 2 is 2.11 bits per heavy atom.